The van der Waals surface area contributed by atoms with Gasteiger partial charge in [-0.25, -0.2) is 0 Å². The molecule has 6 heteroatoms. The minimum atomic E-state index is -0.197. The number of likely N-dealkylation sites (tertiary alicyclic amines) is 1. The van der Waals surface area contributed by atoms with Crippen LogP contribution in [0.1, 0.15) is 34.9 Å². The topological polar surface area (TPSA) is 73.9 Å². The molecule has 1 atom stereocenters. The summed E-state index contributed by atoms with van der Waals surface area (Å²) >= 11 is 0. The number of nitrogens with zero attached hydrogens (tertiary/aromatic N) is 3. The van der Waals surface area contributed by atoms with Gasteiger partial charge < -0.3 is 10.2 Å². The predicted octanol–water partition coefficient (Wildman–Crippen LogP) is 1.37. The smallest absolute Gasteiger partial charge is 0.273 e. The fourth-order valence-electron chi connectivity index (χ4n) is 2.69. The van der Waals surface area contributed by atoms with E-state index in [4.69, 9.17) is 0 Å². The molecule has 1 aliphatic heterocycles. The van der Waals surface area contributed by atoms with Crippen LogP contribution in [0.4, 0.5) is 0 Å². The number of carbonyl (C=O) groups excluding carboxylic acids is 1. The molecule has 0 bridgehead atoms. The van der Waals surface area contributed by atoms with Gasteiger partial charge >= 0.3 is 0 Å². The number of benzene rings is 1. The molecule has 3 rings (SSSR count). The van der Waals surface area contributed by atoms with E-state index in [1.165, 1.54) is 19.0 Å². The van der Waals surface area contributed by atoms with Crippen molar-refractivity contribution in [3.8, 4) is 0 Å². The number of amides is 1. The maximum Gasteiger partial charge on any atom is 0.273 e. The van der Waals surface area contributed by atoms with Crippen LogP contribution in [0.15, 0.2) is 36.5 Å². The van der Waals surface area contributed by atoms with Crippen LogP contribution in [0.25, 0.3) is 0 Å². The standard InChI is InChI=1S/C15H19N5O/c21-15(13-10-16-19-18-13)17-14(11-20-8-4-5-9-20)12-6-2-1-3-7-12/h1-3,6-7,10,14H,4-5,8-9,11H2,(H,17,21)(H,16,18,19). The molecule has 1 aromatic heterocycles. The molecule has 1 unspecified atom stereocenters. The van der Waals surface area contributed by atoms with Crippen LogP contribution in [0.2, 0.25) is 0 Å². The lowest BCUT2D eigenvalue weighted by Crippen LogP contribution is -2.37. The van der Waals surface area contributed by atoms with Gasteiger partial charge in [-0.1, -0.05) is 30.3 Å². The molecule has 21 heavy (non-hydrogen) atoms. The lowest BCUT2D eigenvalue weighted by Gasteiger charge is -2.24. The highest BCUT2D eigenvalue weighted by atomic mass is 16.2. The van der Waals surface area contributed by atoms with Gasteiger partial charge in [-0.15, -0.1) is 0 Å². The largest absolute Gasteiger partial charge is 0.342 e. The molecular weight excluding hydrogens is 266 g/mol. The lowest BCUT2D eigenvalue weighted by molar-refractivity contribution is 0.0922. The van der Waals surface area contributed by atoms with Gasteiger partial charge in [0.1, 0.15) is 0 Å². The van der Waals surface area contributed by atoms with Crippen molar-refractivity contribution in [2.45, 2.75) is 18.9 Å². The van der Waals surface area contributed by atoms with Crippen LogP contribution in [-0.4, -0.2) is 45.9 Å². The van der Waals surface area contributed by atoms with Crippen molar-refractivity contribution in [2.24, 2.45) is 0 Å². The summed E-state index contributed by atoms with van der Waals surface area (Å²) in [7, 11) is 0. The van der Waals surface area contributed by atoms with Crippen molar-refractivity contribution in [1.82, 2.24) is 25.6 Å². The first-order valence-electron chi connectivity index (χ1n) is 7.27. The lowest BCUT2D eigenvalue weighted by atomic mass is 10.1. The zero-order valence-electron chi connectivity index (χ0n) is 11.8. The van der Waals surface area contributed by atoms with Crippen LogP contribution in [0.5, 0.6) is 0 Å². The van der Waals surface area contributed by atoms with E-state index in [0.29, 0.717) is 5.69 Å². The third-order valence-corrected chi connectivity index (χ3v) is 3.79. The fraction of sp³-hybridized carbons (Fsp3) is 0.400. The van der Waals surface area contributed by atoms with E-state index in [1.807, 2.05) is 30.3 Å². The van der Waals surface area contributed by atoms with Crippen molar-refractivity contribution in [3.63, 3.8) is 0 Å². The van der Waals surface area contributed by atoms with E-state index in [2.05, 4.69) is 25.6 Å². The highest BCUT2D eigenvalue weighted by Gasteiger charge is 2.21. The third-order valence-electron chi connectivity index (χ3n) is 3.79. The molecule has 6 nitrogen and oxygen atoms in total. The number of aromatic amines is 1. The number of rotatable bonds is 5. The van der Waals surface area contributed by atoms with E-state index in [-0.39, 0.29) is 11.9 Å². The van der Waals surface area contributed by atoms with E-state index in [1.54, 1.807) is 0 Å². The Kier molecular flexibility index (Phi) is 4.25. The van der Waals surface area contributed by atoms with Crippen molar-refractivity contribution in [3.05, 3.63) is 47.8 Å². The summed E-state index contributed by atoms with van der Waals surface area (Å²) in [6, 6.07) is 10.0. The zero-order valence-corrected chi connectivity index (χ0v) is 11.8. The van der Waals surface area contributed by atoms with Crippen molar-refractivity contribution >= 4 is 5.91 Å². The van der Waals surface area contributed by atoms with Crippen LogP contribution in [0, 0.1) is 0 Å². The molecule has 1 amide bonds. The molecule has 2 heterocycles. The van der Waals surface area contributed by atoms with E-state index < -0.39 is 0 Å². The second kappa shape index (κ2) is 6.49. The number of H-pyrrole nitrogens is 1. The van der Waals surface area contributed by atoms with Gasteiger partial charge in [0.15, 0.2) is 5.69 Å². The predicted molar refractivity (Wildman–Crippen MR) is 78.7 cm³/mol. The SMILES string of the molecule is O=C(NC(CN1CCCC1)c1ccccc1)c1cn[nH]n1. The Morgan fingerprint density at radius 3 is 2.71 bits per heavy atom. The zero-order chi connectivity index (χ0) is 14.5. The summed E-state index contributed by atoms with van der Waals surface area (Å²) in [5, 5.41) is 13.0. The number of aromatic nitrogens is 3. The van der Waals surface area contributed by atoms with Gasteiger partial charge in [-0.05, 0) is 31.5 Å². The second-order valence-corrected chi connectivity index (χ2v) is 5.30. The molecule has 2 aromatic rings. The van der Waals surface area contributed by atoms with Gasteiger partial charge in [-0.2, -0.15) is 15.4 Å². The molecule has 1 aliphatic rings. The first-order valence-corrected chi connectivity index (χ1v) is 7.27. The van der Waals surface area contributed by atoms with Gasteiger partial charge in [0, 0.05) is 6.54 Å². The minimum absolute atomic E-state index is 0.0338. The summed E-state index contributed by atoms with van der Waals surface area (Å²) < 4.78 is 0. The Morgan fingerprint density at radius 1 is 1.29 bits per heavy atom. The molecule has 1 saturated heterocycles. The van der Waals surface area contributed by atoms with Crippen LogP contribution in [0.3, 0.4) is 0 Å². The van der Waals surface area contributed by atoms with Crippen LogP contribution >= 0.6 is 0 Å². The molecule has 0 spiro atoms. The summed E-state index contributed by atoms with van der Waals surface area (Å²) in [6.45, 7) is 3.03. The number of carbonyl (C=O) groups is 1. The number of hydrogen-bond acceptors (Lipinski definition) is 4. The Bertz CT molecular complexity index is 563. The molecule has 0 aliphatic carbocycles. The van der Waals surface area contributed by atoms with Gasteiger partial charge in [0.2, 0.25) is 0 Å². The number of hydrogen-bond donors (Lipinski definition) is 2. The normalized spacial score (nSPS) is 16.8. The van der Waals surface area contributed by atoms with E-state index in [0.717, 1.165) is 25.2 Å². The first-order chi connectivity index (χ1) is 10.3. The van der Waals surface area contributed by atoms with E-state index in [9.17, 15) is 4.79 Å². The fourth-order valence-corrected chi connectivity index (χ4v) is 2.69. The maximum absolute atomic E-state index is 12.2. The Hall–Kier alpha value is -2.21. The second-order valence-electron chi connectivity index (χ2n) is 5.30. The maximum atomic E-state index is 12.2. The first kappa shape index (κ1) is 13.8. The minimum Gasteiger partial charge on any atom is -0.342 e. The van der Waals surface area contributed by atoms with E-state index >= 15 is 0 Å². The monoisotopic (exact) mass is 285 g/mol. The summed E-state index contributed by atoms with van der Waals surface area (Å²) in [6.07, 6.45) is 3.91. The van der Waals surface area contributed by atoms with Gasteiger partial charge in [-0.3, -0.25) is 4.79 Å². The number of nitrogens with one attached hydrogen (secondary N) is 2. The highest BCUT2D eigenvalue weighted by Crippen LogP contribution is 2.18. The molecule has 2 N–H and O–H groups in total. The summed E-state index contributed by atoms with van der Waals surface area (Å²) in [4.78, 5) is 14.6. The van der Waals surface area contributed by atoms with Crippen LogP contribution in [-0.2, 0) is 0 Å². The Labute approximate surface area is 123 Å². The highest BCUT2D eigenvalue weighted by molar-refractivity contribution is 5.92. The van der Waals surface area contributed by atoms with Crippen LogP contribution < -0.4 is 5.32 Å². The summed E-state index contributed by atoms with van der Waals surface area (Å²) in [5.74, 6) is -0.197. The molecular formula is C15H19N5O. The average molecular weight is 285 g/mol. The third kappa shape index (κ3) is 3.46. The molecule has 0 radical (unpaired) electrons. The van der Waals surface area contributed by atoms with Gasteiger partial charge in [0.05, 0.1) is 12.2 Å². The molecule has 110 valence electrons. The average Bonchev–Trinajstić information content (AvgIpc) is 3.21. The molecule has 1 aromatic carbocycles. The van der Waals surface area contributed by atoms with Crippen molar-refractivity contribution < 1.29 is 4.79 Å². The Balaban J connectivity index is 1.73. The summed E-state index contributed by atoms with van der Waals surface area (Å²) in [5.41, 5.74) is 1.43. The molecule has 0 saturated carbocycles. The molecule has 1 fully saturated rings. The van der Waals surface area contributed by atoms with Gasteiger partial charge in [0.25, 0.3) is 5.91 Å². The Morgan fingerprint density at radius 2 is 2.05 bits per heavy atom. The van der Waals surface area contributed by atoms with Crippen molar-refractivity contribution in [1.29, 1.82) is 0 Å². The quantitative estimate of drug-likeness (QED) is 0.870. The van der Waals surface area contributed by atoms with Crippen molar-refractivity contribution in [2.75, 3.05) is 19.6 Å².